The number of aromatic nitrogens is 2. The molecular weight excluding hydrogens is 486 g/mol. The molecule has 1 unspecified atom stereocenters. The molecule has 1 aromatic heterocycles. The summed E-state index contributed by atoms with van der Waals surface area (Å²) in [4.78, 5) is 11.7. The highest BCUT2D eigenvalue weighted by molar-refractivity contribution is 5.60. The van der Waals surface area contributed by atoms with E-state index in [1.54, 1.807) is 13.3 Å². The Kier molecular flexibility index (Phi) is 9.91. The van der Waals surface area contributed by atoms with E-state index >= 15 is 0 Å². The first-order valence-electron chi connectivity index (χ1n) is 14.7. The normalized spacial score (nSPS) is 18.1. The predicted molar refractivity (Wildman–Crippen MR) is 158 cm³/mol. The fourth-order valence-electron chi connectivity index (χ4n) is 5.91. The molecule has 0 bridgehead atoms. The first kappa shape index (κ1) is 27.3. The summed E-state index contributed by atoms with van der Waals surface area (Å²) in [6, 6.07) is 19.3. The molecule has 1 saturated heterocycles. The van der Waals surface area contributed by atoms with Gasteiger partial charge in [0.15, 0.2) is 11.5 Å². The first-order chi connectivity index (χ1) is 19.3. The van der Waals surface area contributed by atoms with Gasteiger partial charge in [0.1, 0.15) is 5.82 Å². The molecule has 2 aromatic carbocycles. The Labute approximate surface area is 233 Å². The van der Waals surface area contributed by atoms with Crippen LogP contribution in [0.2, 0.25) is 0 Å². The van der Waals surface area contributed by atoms with Crippen LogP contribution in [0.25, 0.3) is 0 Å². The molecule has 1 aliphatic carbocycles. The molecule has 0 spiro atoms. The van der Waals surface area contributed by atoms with E-state index in [1.165, 1.54) is 57.1 Å². The lowest BCUT2D eigenvalue weighted by atomic mass is 9.89. The van der Waals surface area contributed by atoms with Crippen LogP contribution < -0.4 is 20.1 Å². The largest absolute Gasteiger partial charge is 0.493 e. The van der Waals surface area contributed by atoms with E-state index < -0.39 is 0 Å². The van der Waals surface area contributed by atoms with E-state index in [4.69, 9.17) is 9.47 Å². The molecule has 1 aliphatic heterocycles. The van der Waals surface area contributed by atoms with Crippen molar-refractivity contribution in [2.45, 2.75) is 63.8 Å². The number of anilines is 3. The van der Waals surface area contributed by atoms with Crippen molar-refractivity contribution in [3.8, 4) is 11.5 Å². The van der Waals surface area contributed by atoms with Crippen LogP contribution in [0.4, 0.5) is 17.5 Å². The maximum atomic E-state index is 6.20. The zero-order valence-corrected chi connectivity index (χ0v) is 23.3. The summed E-state index contributed by atoms with van der Waals surface area (Å²) in [6.07, 6.45) is 13.1. The van der Waals surface area contributed by atoms with Crippen molar-refractivity contribution < 1.29 is 9.47 Å². The number of nitrogens with zero attached hydrogens (tertiary/aromatic N) is 3. The van der Waals surface area contributed by atoms with Gasteiger partial charge in [-0.3, -0.25) is 4.90 Å². The quantitative estimate of drug-likeness (QED) is 0.239. The van der Waals surface area contributed by atoms with Gasteiger partial charge in [-0.05, 0) is 74.8 Å². The Morgan fingerprint density at radius 2 is 1.82 bits per heavy atom. The average molecular weight is 530 g/mol. The van der Waals surface area contributed by atoms with Crippen LogP contribution in [-0.4, -0.2) is 54.3 Å². The lowest BCUT2D eigenvalue weighted by Gasteiger charge is -2.24. The third-order valence-electron chi connectivity index (χ3n) is 8.03. The van der Waals surface area contributed by atoms with Gasteiger partial charge in [0.05, 0.1) is 13.7 Å². The van der Waals surface area contributed by atoms with Crippen molar-refractivity contribution in [1.82, 2.24) is 14.9 Å². The van der Waals surface area contributed by atoms with E-state index in [1.807, 2.05) is 24.3 Å². The summed E-state index contributed by atoms with van der Waals surface area (Å²) in [5, 5.41) is 6.84. The number of ether oxygens (including phenoxy) is 2. The summed E-state index contributed by atoms with van der Waals surface area (Å²) in [5.74, 6) is 3.63. The number of benzene rings is 2. The minimum Gasteiger partial charge on any atom is -0.493 e. The Morgan fingerprint density at radius 1 is 0.949 bits per heavy atom. The van der Waals surface area contributed by atoms with Gasteiger partial charge in [-0.2, -0.15) is 4.98 Å². The Balaban J connectivity index is 1.11. The van der Waals surface area contributed by atoms with Crippen molar-refractivity contribution in [1.29, 1.82) is 0 Å². The van der Waals surface area contributed by atoms with Gasteiger partial charge < -0.3 is 20.1 Å². The van der Waals surface area contributed by atoms with Gasteiger partial charge in [0.2, 0.25) is 5.95 Å². The standard InChI is InChI=1S/C32H43N5O2/c1-38-29-16-15-27(35-32-33-18-17-31(36-32)34-24-26-12-6-3-7-13-26)23-30(29)39-21-9-20-37-19-8-14-28(37)22-25-10-4-2-5-11-25/h2,4-5,10-11,15-18,23,26,28H,3,6-9,12-14,19-22,24H2,1H3,(H2,33,34,35,36). The zero-order valence-electron chi connectivity index (χ0n) is 23.3. The Bertz CT molecular complexity index is 1150. The second-order valence-electron chi connectivity index (χ2n) is 10.9. The van der Waals surface area contributed by atoms with Crippen LogP contribution in [0, 0.1) is 5.92 Å². The summed E-state index contributed by atoms with van der Waals surface area (Å²) in [6.45, 7) is 3.84. The molecule has 0 radical (unpaired) electrons. The Hall–Kier alpha value is -3.32. The van der Waals surface area contributed by atoms with Gasteiger partial charge in [-0.1, -0.05) is 49.6 Å². The van der Waals surface area contributed by atoms with Gasteiger partial charge in [0, 0.05) is 37.1 Å². The molecule has 39 heavy (non-hydrogen) atoms. The van der Waals surface area contributed by atoms with E-state index in [0.29, 0.717) is 18.6 Å². The van der Waals surface area contributed by atoms with Crippen LogP contribution in [-0.2, 0) is 6.42 Å². The number of nitrogens with one attached hydrogen (secondary N) is 2. The molecule has 7 nitrogen and oxygen atoms in total. The van der Waals surface area contributed by atoms with Crippen molar-refractivity contribution in [2.75, 3.05) is 44.0 Å². The number of hydrogen-bond acceptors (Lipinski definition) is 7. The minimum absolute atomic E-state index is 0.568. The molecule has 1 saturated carbocycles. The van der Waals surface area contributed by atoms with Gasteiger partial charge in [-0.25, -0.2) is 4.98 Å². The molecule has 2 N–H and O–H groups in total. The van der Waals surface area contributed by atoms with E-state index in [2.05, 4.69) is 55.8 Å². The fourth-order valence-corrected chi connectivity index (χ4v) is 5.91. The van der Waals surface area contributed by atoms with Crippen molar-refractivity contribution in [2.24, 2.45) is 5.92 Å². The molecule has 1 atom stereocenters. The molecular formula is C32H43N5O2. The number of hydrogen-bond donors (Lipinski definition) is 2. The second-order valence-corrected chi connectivity index (χ2v) is 10.9. The molecule has 5 rings (SSSR count). The lowest BCUT2D eigenvalue weighted by molar-refractivity contribution is 0.217. The molecule has 2 fully saturated rings. The van der Waals surface area contributed by atoms with Crippen LogP contribution in [0.15, 0.2) is 60.8 Å². The maximum absolute atomic E-state index is 6.20. The van der Waals surface area contributed by atoms with Crippen LogP contribution in [0.5, 0.6) is 11.5 Å². The minimum atomic E-state index is 0.568. The molecule has 3 aromatic rings. The maximum Gasteiger partial charge on any atom is 0.229 e. The van der Waals surface area contributed by atoms with Crippen LogP contribution in [0.3, 0.4) is 0 Å². The number of likely N-dealkylation sites (tertiary alicyclic amines) is 1. The highest BCUT2D eigenvalue weighted by Crippen LogP contribution is 2.31. The second kappa shape index (κ2) is 14.2. The highest BCUT2D eigenvalue weighted by Gasteiger charge is 2.24. The van der Waals surface area contributed by atoms with E-state index in [-0.39, 0.29) is 0 Å². The zero-order chi connectivity index (χ0) is 26.7. The first-order valence-corrected chi connectivity index (χ1v) is 14.7. The Morgan fingerprint density at radius 3 is 2.67 bits per heavy atom. The average Bonchev–Trinajstić information content (AvgIpc) is 3.42. The number of rotatable bonds is 13. The lowest BCUT2D eigenvalue weighted by Crippen LogP contribution is -2.32. The summed E-state index contributed by atoms with van der Waals surface area (Å²) in [7, 11) is 1.68. The third-order valence-corrected chi connectivity index (χ3v) is 8.03. The fraction of sp³-hybridized carbons (Fsp3) is 0.500. The topological polar surface area (TPSA) is 71.5 Å². The molecule has 0 amide bonds. The monoisotopic (exact) mass is 529 g/mol. The summed E-state index contributed by atoms with van der Waals surface area (Å²) in [5.41, 5.74) is 2.30. The molecule has 2 aliphatic rings. The van der Waals surface area contributed by atoms with Crippen LogP contribution >= 0.6 is 0 Å². The van der Waals surface area contributed by atoms with Crippen molar-refractivity contribution in [3.63, 3.8) is 0 Å². The smallest absolute Gasteiger partial charge is 0.229 e. The SMILES string of the molecule is COc1ccc(Nc2nccc(NCC3CCCCC3)n2)cc1OCCCN1CCCC1Cc1ccccc1. The van der Waals surface area contributed by atoms with Crippen molar-refractivity contribution >= 4 is 17.5 Å². The van der Waals surface area contributed by atoms with Gasteiger partial charge in [0.25, 0.3) is 0 Å². The third kappa shape index (κ3) is 8.09. The number of methoxy groups -OCH3 is 1. The molecule has 7 heteroatoms. The highest BCUT2D eigenvalue weighted by atomic mass is 16.5. The van der Waals surface area contributed by atoms with E-state index in [0.717, 1.165) is 54.9 Å². The predicted octanol–water partition coefficient (Wildman–Crippen LogP) is 6.70. The van der Waals surface area contributed by atoms with E-state index in [9.17, 15) is 0 Å². The molecule has 2 heterocycles. The summed E-state index contributed by atoms with van der Waals surface area (Å²) < 4.78 is 11.8. The van der Waals surface area contributed by atoms with Crippen molar-refractivity contribution in [3.05, 3.63) is 66.4 Å². The molecule has 208 valence electrons. The van der Waals surface area contributed by atoms with Crippen LogP contribution in [0.1, 0.15) is 56.9 Å². The van der Waals surface area contributed by atoms with Gasteiger partial charge in [-0.15, -0.1) is 0 Å². The summed E-state index contributed by atoms with van der Waals surface area (Å²) >= 11 is 0. The van der Waals surface area contributed by atoms with Gasteiger partial charge >= 0.3 is 0 Å².